The average Bonchev–Trinajstić information content (AvgIpc) is 2.38. The number of ether oxygens (including phenoxy) is 1. The van der Waals surface area contributed by atoms with Crippen LogP contribution in [0.5, 0.6) is 0 Å². The van der Waals surface area contributed by atoms with E-state index in [9.17, 15) is 4.79 Å². The van der Waals surface area contributed by atoms with Gasteiger partial charge in [-0.05, 0) is 19.4 Å². The highest BCUT2D eigenvalue weighted by Gasteiger charge is 2.38. The smallest absolute Gasteiger partial charge is 0.243 e. The average molecular weight is 277 g/mol. The van der Waals surface area contributed by atoms with Gasteiger partial charge in [-0.15, -0.1) is 0 Å². The van der Waals surface area contributed by atoms with E-state index >= 15 is 0 Å². The van der Waals surface area contributed by atoms with Crippen molar-refractivity contribution in [1.82, 2.24) is 4.90 Å². The van der Waals surface area contributed by atoms with Crippen LogP contribution in [-0.4, -0.2) is 42.6 Å². The Balaban J connectivity index is 2.20. The van der Waals surface area contributed by atoms with Gasteiger partial charge in [-0.3, -0.25) is 9.69 Å². The summed E-state index contributed by atoms with van der Waals surface area (Å²) in [5.74, 6) is -0.506. The van der Waals surface area contributed by atoms with Crippen LogP contribution in [0.4, 0.5) is 0 Å². The number of morpholine rings is 1. The van der Waals surface area contributed by atoms with Gasteiger partial charge in [0.05, 0.1) is 12.2 Å². The van der Waals surface area contributed by atoms with Crippen molar-refractivity contribution in [3.63, 3.8) is 0 Å². The first-order valence-electron chi connectivity index (χ1n) is 6.84. The fourth-order valence-electron chi connectivity index (χ4n) is 2.65. The molecule has 0 saturated carbocycles. The number of hydrogen-bond acceptors (Lipinski definition) is 4. The van der Waals surface area contributed by atoms with E-state index in [4.69, 9.17) is 16.2 Å². The lowest BCUT2D eigenvalue weighted by atomic mass is 9.89. The molecular weight excluding hydrogens is 254 g/mol. The van der Waals surface area contributed by atoms with Crippen LogP contribution >= 0.6 is 0 Å². The van der Waals surface area contributed by atoms with E-state index < -0.39 is 11.4 Å². The Bertz CT molecular complexity index is 475. The first-order chi connectivity index (χ1) is 9.33. The van der Waals surface area contributed by atoms with Crippen LogP contribution in [0.25, 0.3) is 0 Å². The number of carbonyl (C=O) groups excluding carboxylic acids is 1. The standard InChI is InChI=1S/C15H23N3O2/c1-14(2)10-18(8-9-20-14)11-15(17,13(16)19)12-6-4-3-5-7-12/h3-7H,8-11,17H2,1-2H3,(H2,16,19). The molecule has 1 atom stereocenters. The lowest BCUT2D eigenvalue weighted by molar-refractivity contribution is -0.127. The topological polar surface area (TPSA) is 81.6 Å². The maximum absolute atomic E-state index is 11.9. The molecule has 0 bridgehead atoms. The van der Waals surface area contributed by atoms with E-state index in [0.717, 1.165) is 18.7 Å². The molecule has 1 amide bonds. The molecule has 20 heavy (non-hydrogen) atoms. The van der Waals surface area contributed by atoms with Crippen molar-refractivity contribution < 1.29 is 9.53 Å². The molecular formula is C15H23N3O2. The zero-order valence-corrected chi connectivity index (χ0v) is 12.1. The minimum Gasteiger partial charge on any atom is -0.373 e. The summed E-state index contributed by atoms with van der Waals surface area (Å²) in [4.78, 5) is 14.0. The number of primary amides is 1. The maximum atomic E-state index is 11.9. The summed E-state index contributed by atoms with van der Waals surface area (Å²) < 4.78 is 5.68. The molecule has 2 rings (SSSR count). The first-order valence-corrected chi connectivity index (χ1v) is 6.84. The maximum Gasteiger partial charge on any atom is 0.243 e. The Labute approximate surface area is 119 Å². The third-order valence-corrected chi connectivity index (χ3v) is 3.71. The second-order valence-electron chi connectivity index (χ2n) is 6.02. The van der Waals surface area contributed by atoms with Crippen molar-refractivity contribution in [2.75, 3.05) is 26.2 Å². The molecule has 4 N–H and O–H groups in total. The van der Waals surface area contributed by atoms with Crippen molar-refractivity contribution in [1.29, 1.82) is 0 Å². The fourth-order valence-corrected chi connectivity index (χ4v) is 2.65. The summed E-state index contributed by atoms with van der Waals surface area (Å²) >= 11 is 0. The molecule has 1 saturated heterocycles. The molecule has 0 aromatic heterocycles. The van der Waals surface area contributed by atoms with Gasteiger partial charge in [0.2, 0.25) is 5.91 Å². The molecule has 1 fully saturated rings. The van der Waals surface area contributed by atoms with Gasteiger partial charge in [0.1, 0.15) is 5.54 Å². The summed E-state index contributed by atoms with van der Waals surface area (Å²) in [5, 5.41) is 0. The third kappa shape index (κ3) is 3.17. The third-order valence-electron chi connectivity index (χ3n) is 3.71. The SMILES string of the molecule is CC1(C)CN(CC(N)(C(N)=O)c2ccccc2)CCO1. The van der Waals surface area contributed by atoms with Gasteiger partial charge in [-0.1, -0.05) is 30.3 Å². The van der Waals surface area contributed by atoms with E-state index in [-0.39, 0.29) is 5.60 Å². The molecule has 0 radical (unpaired) electrons. The lowest BCUT2D eigenvalue weighted by Gasteiger charge is -2.41. The van der Waals surface area contributed by atoms with Gasteiger partial charge in [-0.2, -0.15) is 0 Å². The molecule has 1 aliphatic rings. The van der Waals surface area contributed by atoms with Crippen molar-refractivity contribution in [2.45, 2.75) is 25.0 Å². The second kappa shape index (κ2) is 5.52. The molecule has 5 nitrogen and oxygen atoms in total. The van der Waals surface area contributed by atoms with Crippen molar-refractivity contribution in [3.8, 4) is 0 Å². The molecule has 1 aromatic rings. The lowest BCUT2D eigenvalue weighted by Crippen LogP contribution is -2.60. The largest absolute Gasteiger partial charge is 0.373 e. The highest BCUT2D eigenvalue weighted by atomic mass is 16.5. The van der Waals surface area contributed by atoms with Crippen molar-refractivity contribution >= 4 is 5.91 Å². The number of carbonyl (C=O) groups is 1. The number of amides is 1. The molecule has 110 valence electrons. The number of nitrogens with two attached hydrogens (primary N) is 2. The monoisotopic (exact) mass is 277 g/mol. The van der Waals surface area contributed by atoms with Crippen LogP contribution in [0.3, 0.4) is 0 Å². The van der Waals surface area contributed by atoms with Crippen molar-refractivity contribution in [2.24, 2.45) is 11.5 Å². The highest BCUT2D eigenvalue weighted by Crippen LogP contribution is 2.23. The predicted octanol–water partition coefficient (Wildman–Crippen LogP) is 0.437. The molecule has 1 unspecified atom stereocenters. The summed E-state index contributed by atoms with van der Waals surface area (Å²) in [6.45, 7) is 6.58. The molecule has 1 aromatic carbocycles. The quantitative estimate of drug-likeness (QED) is 0.836. The van der Waals surface area contributed by atoms with Crippen LogP contribution in [0.2, 0.25) is 0 Å². The van der Waals surface area contributed by atoms with Gasteiger partial charge in [0, 0.05) is 19.6 Å². The zero-order chi connectivity index (χ0) is 14.8. The van der Waals surface area contributed by atoms with Gasteiger partial charge < -0.3 is 16.2 Å². The molecule has 0 aliphatic carbocycles. The van der Waals surface area contributed by atoms with Crippen LogP contribution < -0.4 is 11.5 Å². The molecule has 1 aliphatic heterocycles. The molecule has 5 heteroatoms. The minimum atomic E-state index is -1.17. The predicted molar refractivity (Wildman–Crippen MR) is 78.0 cm³/mol. The van der Waals surface area contributed by atoms with E-state index in [0.29, 0.717) is 13.2 Å². The van der Waals surface area contributed by atoms with Crippen LogP contribution in [0.1, 0.15) is 19.4 Å². The van der Waals surface area contributed by atoms with Crippen molar-refractivity contribution in [3.05, 3.63) is 35.9 Å². The number of benzene rings is 1. The summed E-state index contributed by atoms with van der Waals surface area (Å²) in [5.41, 5.74) is 11.2. The Morgan fingerprint density at radius 2 is 2.05 bits per heavy atom. The van der Waals surface area contributed by atoms with E-state index in [1.54, 1.807) is 0 Å². The minimum absolute atomic E-state index is 0.229. The number of rotatable bonds is 4. The summed E-state index contributed by atoms with van der Waals surface area (Å²) in [6.07, 6.45) is 0. The molecule has 0 spiro atoms. The van der Waals surface area contributed by atoms with Crippen LogP contribution in [0.15, 0.2) is 30.3 Å². The highest BCUT2D eigenvalue weighted by molar-refractivity contribution is 5.86. The Kier molecular flexibility index (Phi) is 4.13. The van der Waals surface area contributed by atoms with Gasteiger partial charge in [-0.25, -0.2) is 0 Å². The Morgan fingerprint density at radius 1 is 1.40 bits per heavy atom. The normalized spacial score (nSPS) is 22.1. The summed E-state index contributed by atoms with van der Waals surface area (Å²) in [6, 6.07) is 9.31. The summed E-state index contributed by atoms with van der Waals surface area (Å²) in [7, 11) is 0. The van der Waals surface area contributed by atoms with Crippen LogP contribution in [0, 0.1) is 0 Å². The Hall–Kier alpha value is -1.43. The number of hydrogen-bond donors (Lipinski definition) is 2. The fraction of sp³-hybridized carbons (Fsp3) is 0.533. The van der Waals surface area contributed by atoms with E-state index in [1.165, 1.54) is 0 Å². The van der Waals surface area contributed by atoms with Gasteiger partial charge in [0.25, 0.3) is 0 Å². The van der Waals surface area contributed by atoms with Gasteiger partial charge in [0.15, 0.2) is 0 Å². The van der Waals surface area contributed by atoms with Crippen LogP contribution in [-0.2, 0) is 15.1 Å². The number of nitrogens with zero attached hydrogens (tertiary/aromatic N) is 1. The Morgan fingerprint density at radius 3 is 2.60 bits per heavy atom. The second-order valence-corrected chi connectivity index (χ2v) is 6.02. The van der Waals surface area contributed by atoms with E-state index in [2.05, 4.69) is 4.90 Å². The van der Waals surface area contributed by atoms with E-state index in [1.807, 2.05) is 44.2 Å². The van der Waals surface area contributed by atoms with Gasteiger partial charge >= 0.3 is 0 Å². The molecule has 1 heterocycles. The first kappa shape index (κ1) is 15.0. The zero-order valence-electron chi connectivity index (χ0n) is 12.1.